The minimum absolute atomic E-state index is 0.220. The van der Waals surface area contributed by atoms with Gasteiger partial charge in [0.2, 0.25) is 0 Å². The fourth-order valence-electron chi connectivity index (χ4n) is 1.36. The standard InChI is InChI=1S/C11H13ClFNO4S/c1-14(5-6-18-2)11(15)9-4-3-8(7-10(9)13)19(12,16)17/h3-4,7H,5-6H2,1-2H3. The zero-order valence-corrected chi connectivity index (χ0v) is 12.0. The second kappa shape index (κ2) is 6.31. The lowest BCUT2D eigenvalue weighted by molar-refractivity contribution is 0.0739. The average Bonchev–Trinajstić information content (AvgIpc) is 2.33. The van der Waals surface area contributed by atoms with Crippen molar-refractivity contribution in [2.45, 2.75) is 4.90 Å². The van der Waals surface area contributed by atoms with Gasteiger partial charge in [0.15, 0.2) is 0 Å². The molecule has 0 N–H and O–H groups in total. The third kappa shape index (κ3) is 4.15. The summed E-state index contributed by atoms with van der Waals surface area (Å²) in [4.78, 5) is 12.8. The lowest BCUT2D eigenvalue weighted by Gasteiger charge is -2.17. The van der Waals surface area contributed by atoms with Crippen molar-refractivity contribution in [3.63, 3.8) is 0 Å². The second-order valence-electron chi connectivity index (χ2n) is 3.80. The molecular weight excluding hydrogens is 297 g/mol. The molecule has 0 fully saturated rings. The zero-order valence-electron chi connectivity index (χ0n) is 10.4. The largest absolute Gasteiger partial charge is 0.383 e. The van der Waals surface area contributed by atoms with Gasteiger partial charge in [-0.05, 0) is 18.2 Å². The first kappa shape index (κ1) is 15.9. The summed E-state index contributed by atoms with van der Waals surface area (Å²) in [5.74, 6) is -1.50. The van der Waals surface area contributed by atoms with Gasteiger partial charge < -0.3 is 9.64 Å². The number of methoxy groups -OCH3 is 1. The summed E-state index contributed by atoms with van der Waals surface area (Å²) in [5, 5.41) is 0. The number of halogens is 2. The van der Waals surface area contributed by atoms with E-state index in [9.17, 15) is 17.6 Å². The Morgan fingerprint density at radius 2 is 2.11 bits per heavy atom. The molecule has 0 aliphatic carbocycles. The molecule has 106 valence electrons. The quantitative estimate of drug-likeness (QED) is 0.773. The highest BCUT2D eigenvalue weighted by Gasteiger charge is 2.19. The van der Waals surface area contributed by atoms with Gasteiger partial charge in [-0.2, -0.15) is 0 Å². The lowest BCUT2D eigenvalue weighted by atomic mass is 10.2. The number of benzene rings is 1. The van der Waals surface area contributed by atoms with Gasteiger partial charge in [0.05, 0.1) is 17.1 Å². The predicted octanol–water partition coefficient (Wildman–Crippen LogP) is 1.47. The van der Waals surface area contributed by atoms with Crippen LogP contribution in [0, 0.1) is 5.82 Å². The van der Waals surface area contributed by atoms with Gasteiger partial charge in [0.1, 0.15) is 5.82 Å². The van der Waals surface area contributed by atoms with Crippen molar-refractivity contribution < 1.29 is 22.3 Å². The smallest absolute Gasteiger partial charge is 0.261 e. The van der Waals surface area contributed by atoms with Crippen molar-refractivity contribution in [2.75, 3.05) is 27.3 Å². The predicted molar refractivity (Wildman–Crippen MR) is 68.3 cm³/mol. The fourth-order valence-corrected chi connectivity index (χ4v) is 2.12. The number of ether oxygens (including phenoxy) is 1. The Balaban J connectivity index is 3.00. The van der Waals surface area contributed by atoms with Crippen molar-refractivity contribution in [3.05, 3.63) is 29.6 Å². The van der Waals surface area contributed by atoms with Crippen molar-refractivity contribution in [1.29, 1.82) is 0 Å². The van der Waals surface area contributed by atoms with Crippen molar-refractivity contribution in [1.82, 2.24) is 4.90 Å². The van der Waals surface area contributed by atoms with Crippen LogP contribution in [0.3, 0.4) is 0 Å². The Bertz CT molecular complexity index is 576. The fraction of sp³-hybridized carbons (Fsp3) is 0.364. The number of hydrogen-bond acceptors (Lipinski definition) is 4. The normalized spacial score (nSPS) is 11.4. The van der Waals surface area contributed by atoms with E-state index in [1.54, 1.807) is 0 Å². The Kier molecular flexibility index (Phi) is 5.28. The maximum Gasteiger partial charge on any atom is 0.261 e. The first-order valence-corrected chi connectivity index (χ1v) is 7.57. The highest BCUT2D eigenvalue weighted by atomic mass is 35.7. The molecule has 1 aromatic rings. The molecule has 0 aromatic heterocycles. The molecule has 1 aromatic carbocycles. The molecule has 0 unspecified atom stereocenters. The van der Waals surface area contributed by atoms with Gasteiger partial charge in [0.25, 0.3) is 15.0 Å². The molecule has 0 saturated carbocycles. The summed E-state index contributed by atoms with van der Waals surface area (Å²) < 4.78 is 40.6. The lowest BCUT2D eigenvalue weighted by Crippen LogP contribution is -2.30. The van der Waals surface area contributed by atoms with E-state index in [2.05, 4.69) is 0 Å². The molecule has 1 rings (SSSR count). The van der Waals surface area contributed by atoms with Crippen LogP contribution in [0.25, 0.3) is 0 Å². The second-order valence-corrected chi connectivity index (χ2v) is 6.36. The summed E-state index contributed by atoms with van der Waals surface area (Å²) in [6.07, 6.45) is 0. The van der Waals surface area contributed by atoms with Crippen LogP contribution in [0.15, 0.2) is 23.1 Å². The number of amides is 1. The molecule has 1 amide bonds. The SMILES string of the molecule is COCCN(C)C(=O)c1ccc(S(=O)(=O)Cl)cc1F. The molecule has 0 spiro atoms. The molecule has 0 aliphatic heterocycles. The highest BCUT2D eigenvalue weighted by Crippen LogP contribution is 2.19. The third-order valence-corrected chi connectivity index (χ3v) is 3.78. The van der Waals surface area contributed by atoms with Crippen LogP contribution in [0.4, 0.5) is 4.39 Å². The molecule has 0 atom stereocenters. The molecule has 0 heterocycles. The van der Waals surface area contributed by atoms with E-state index in [4.69, 9.17) is 15.4 Å². The maximum absolute atomic E-state index is 13.7. The van der Waals surface area contributed by atoms with E-state index in [1.165, 1.54) is 19.1 Å². The van der Waals surface area contributed by atoms with E-state index < -0.39 is 20.8 Å². The van der Waals surface area contributed by atoms with E-state index in [0.29, 0.717) is 13.2 Å². The summed E-state index contributed by atoms with van der Waals surface area (Å²) in [7, 11) is 4.05. The summed E-state index contributed by atoms with van der Waals surface area (Å²) in [6, 6.07) is 2.90. The summed E-state index contributed by atoms with van der Waals surface area (Å²) in [6.45, 7) is 0.613. The highest BCUT2D eigenvalue weighted by molar-refractivity contribution is 8.13. The number of rotatable bonds is 5. The van der Waals surface area contributed by atoms with E-state index in [0.717, 1.165) is 18.2 Å². The van der Waals surface area contributed by atoms with Crippen LogP contribution >= 0.6 is 10.7 Å². The minimum Gasteiger partial charge on any atom is -0.383 e. The van der Waals surface area contributed by atoms with E-state index >= 15 is 0 Å². The summed E-state index contributed by atoms with van der Waals surface area (Å²) >= 11 is 0. The molecule has 5 nitrogen and oxygen atoms in total. The van der Waals surface area contributed by atoms with Gasteiger partial charge in [-0.3, -0.25) is 4.79 Å². The van der Waals surface area contributed by atoms with Crippen LogP contribution < -0.4 is 0 Å². The number of carbonyl (C=O) groups excluding carboxylic acids is 1. The zero-order chi connectivity index (χ0) is 14.6. The first-order chi connectivity index (χ1) is 8.77. The first-order valence-electron chi connectivity index (χ1n) is 5.26. The van der Waals surface area contributed by atoms with Crippen LogP contribution in [0.1, 0.15) is 10.4 Å². The van der Waals surface area contributed by atoms with E-state index in [1.807, 2.05) is 0 Å². The third-order valence-electron chi connectivity index (χ3n) is 2.43. The molecule has 0 aliphatic rings. The molecule has 19 heavy (non-hydrogen) atoms. The molecule has 8 heteroatoms. The number of nitrogens with zero attached hydrogens (tertiary/aromatic N) is 1. The Morgan fingerprint density at radius 1 is 1.47 bits per heavy atom. The average molecular weight is 310 g/mol. The number of hydrogen-bond donors (Lipinski definition) is 0. The number of likely N-dealkylation sites (N-methyl/N-ethyl adjacent to an activating group) is 1. The van der Waals surface area contributed by atoms with Gasteiger partial charge >= 0.3 is 0 Å². The Morgan fingerprint density at radius 3 is 2.58 bits per heavy atom. The van der Waals surface area contributed by atoms with Gasteiger partial charge in [-0.1, -0.05) is 0 Å². The van der Waals surface area contributed by atoms with Gasteiger partial charge in [-0.25, -0.2) is 12.8 Å². The topological polar surface area (TPSA) is 63.7 Å². The van der Waals surface area contributed by atoms with Crippen LogP contribution in [-0.2, 0) is 13.8 Å². The minimum atomic E-state index is -4.01. The molecule has 0 radical (unpaired) electrons. The molecule has 0 bridgehead atoms. The van der Waals surface area contributed by atoms with Crippen LogP contribution in [-0.4, -0.2) is 46.5 Å². The van der Waals surface area contributed by atoms with E-state index in [-0.39, 0.29) is 10.5 Å². The number of carbonyl (C=O) groups is 1. The van der Waals surface area contributed by atoms with Gasteiger partial charge in [0, 0.05) is 31.4 Å². The Labute approximate surface area is 115 Å². The van der Waals surface area contributed by atoms with Crippen molar-refractivity contribution in [3.8, 4) is 0 Å². The molecular formula is C11H13ClFNO4S. The summed E-state index contributed by atoms with van der Waals surface area (Å²) in [5.41, 5.74) is -0.220. The monoisotopic (exact) mass is 309 g/mol. The van der Waals surface area contributed by atoms with Gasteiger partial charge in [-0.15, -0.1) is 0 Å². The maximum atomic E-state index is 13.7. The van der Waals surface area contributed by atoms with Crippen LogP contribution in [0.5, 0.6) is 0 Å². The molecule has 0 saturated heterocycles. The van der Waals surface area contributed by atoms with Crippen molar-refractivity contribution in [2.24, 2.45) is 0 Å². The van der Waals surface area contributed by atoms with Crippen LogP contribution in [0.2, 0.25) is 0 Å². The Hall–Kier alpha value is -1.18. The van der Waals surface area contributed by atoms with Crippen molar-refractivity contribution >= 4 is 25.6 Å².